The molecule has 28 heavy (non-hydrogen) atoms. The minimum absolute atomic E-state index is 0.220. The first-order valence-electron chi connectivity index (χ1n) is 8.72. The van der Waals surface area contributed by atoms with E-state index in [0.29, 0.717) is 22.4 Å². The van der Waals surface area contributed by atoms with E-state index in [9.17, 15) is 4.79 Å². The molecular weight excluding hydrogens is 394 g/mol. The Morgan fingerprint density at radius 2 is 2.07 bits per heavy atom. The molecule has 0 aliphatic rings. The third-order valence-corrected chi connectivity index (χ3v) is 6.08. The van der Waals surface area contributed by atoms with Crippen LogP contribution >= 0.6 is 22.9 Å². The quantitative estimate of drug-likeness (QED) is 0.494. The third kappa shape index (κ3) is 3.39. The number of carbonyl (C=O) groups is 1. The van der Waals surface area contributed by atoms with Crippen molar-refractivity contribution in [1.82, 2.24) is 19.7 Å². The molecule has 3 heterocycles. The Balaban J connectivity index is 1.82. The molecule has 4 rings (SSSR count). The first-order valence-corrected chi connectivity index (χ1v) is 9.91. The molecule has 0 spiro atoms. The van der Waals surface area contributed by atoms with Crippen molar-refractivity contribution in [2.75, 3.05) is 4.90 Å². The van der Waals surface area contributed by atoms with E-state index in [-0.39, 0.29) is 5.91 Å². The Bertz CT molecular complexity index is 1110. The highest BCUT2D eigenvalue weighted by Crippen LogP contribution is 2.36. The largest absolute Gasteiger partial charge is 0.280 e. The Morgan fingerprint density at radius 1 is 1.25 bits per heavy atom. The van der Waals surface area contributed by atoms with Crippen molar-refractivity contribution in [3.63, 3.8) is 0 Å². The zero-order chi connectivity index (χ0) is 19.8. The Morgan fingerprint density at radius 3 is 2.71 bits per heavy atom. The first kappa shape index (κ1) is 18.6. The zero-order valence-corrected chi connectivity index (χ0v) is 17.3. The fraction of sp³-hybridized carbons (Fsp3) is 0.200. The van der Waals surface area contributed by atoms with Crippen molar-refractivity contribution in [3.05, 3.63) is 70.3 Å². The number of rotatable bonds is 4. The lowest BCUT2D eigenvalue weighted by Crippen LogP contribution is -2.31. The van der Waals surface area contributed by atoms with Crippen LogP contribution in [0.4, 0.5) is 5.13 Å². The molecule has 0 aliphatic carbocycles. The van der Waals surface area contributed by atoms with E-state index in [2.05, 4.69) is 10.1 Å². The highest BCUT2D eigenvalue weighted by atomic mass is 35.5. The van der Waals surface area contributed by atoms with Gasteiger partial charge in [0.25, 0.3) is 5.91 Å². The molecular formula is C20H18ClN5OS. The van der Waals surface area contributed by atoms with E-state index < -0.39 is 0 Å². The van der Waals surface area contributed by atoms with Crippen molar-refractivity contribution in [1.29, 1.82) is 0 Å². The number of fused-ring (bicyclic) bond motifs is 1. The van der Waals surface area contributed by atoms with Crippen LogP contribution < -0.4 is 4.90 Å². The summed E-state index contributed by atoms with van der Waals surface area (Å²) in [4.78, 5) is 24.0. The summed E-state index contributed by atoms with van der Waals surface area (Å²) in [6.45, 7) is 4.19. The van der Waals surface area contributed by atoms with Gasteiger partial charge < -0.3 is 0 Å². The van der Waals surface area contributed by atoms with Gasteiger partial charge in [0, 0.05) is 18.9 Å². The van der Waals surface area contributed by atoms with Crippen molar-refractivity contribution in [2.24, 2.45) is 7.05 Å². The molecule has 0 saturated heterocycles. The average molecular weight is 412 g/mol. The van der Waals surface area contributed by atoms with Gasteiger partial charge in [-0.3, -0.25) is 19.4 Å². The van der Waals surface area contributed by atoms with Crippen LogP contribution in [-0.4, -0.2) is 25.7 Å². The van der Waals surface area contributed by atoms with Gasteiger partial charge in [0.15, 0.2) is 10.8 Å². The molecule has 0 aliphatic heterocycles. The molecule has 0 N–H and O–H groups in total. The summed E-state index contributed by atoms with van der Waals surface area (Å²) in [5.41, 5.74) is 3.87. The summed E-state index contributed by atoms with van der Waals surface area (Å²) in [7, 11) is 1.82. The maximum absolute atomic E-state index is 13.3. The standard InChI is InChI=1S/C20H18ClN5OS/c1-12-7-8-15(21)18-17(12)23-20(28-18)26(11-14-6-4-5-9-22-14)19(27)16-10-13(2)25(3)24-16/h4-10H,11H2,1-3H3. The lowest BCUT2D eigenvalue weighted by molar-refractivity contribution is 0.0979. The number of aromatic nitrogens is 4. The van der Waals surface area contributed by atoms with Crippen LogP contribution in [0.15, 0.2) is 42.6 Å². The molecule has 0 atom stereocenters. The van der Waals surface area contributed by atoms with E-state index in [4.69, 9.17) is 16.6 Å². The topological polar surface area (TPSA) is 63.9 Å². The summed E-state index contributed by atoms with van der Waals surface area (Å²) in [5, 5.41) is 5.55. The predicted octanol–water partition coefficient (Wildman–Crippen LogP) is 4.54. The lowest BCUT2D eigenvalue weighted by Gasteiger charge is -2.18. The van der Waals surface area contributed by atoms with Crippen LogP contribution in [0, 0.1) is 13.8 Å². The Kier molecular flexibility index (Phi) is 4.87. The maximum atomic E-state index is 13.3. The summed E-state index contributed by atoms with van der Waals surface area (Å²) in [6, 6.07) is 11.2. The molecule has 142 valence electrons. The maximum Gasteiger partial charge on any atom is 0.280 e. The number of amides is 1. The van der Waals surface area contributed by atoms with E-state index in [0.717, 1.165) is 27.2 Å². The number of aryl methyl sites for hydroxylation is 3. The average Bonchev–Trinajstić information content (AvgIpc) is 3.28. The normalized spacial score (nSPS) is 11.1. The molecule has 6 nitrogen and oxygen atoms in total. The van der Waals surface area contributed by atoms with Crippen LogP contribution in [0.2, 0.25) is 5.02 Å². The third-order valence-electron chi connectivity index (χ3n) is 4.54. The summed E-state index contributed by atoms with van der Waals surface area (Å²) in [6.07, 6.45) is 1.71. The van der Waals surface area contributed by atoms with Crippen LogP contribution in [0.25, 0.3) is 10.2 Å². The first-order chi connectivity index (χ1) is 13.4. The smallest absolute Gasteiger partial charge is 0.276 e. The molecule has 8 heteroatoms. The number of anilines is 1. The van der Waals surface area contributed by atoms with E-state index in [1.54, 1.807) is 21.8 Å². The van der Waals surface area contributed by atoms with Crippen LogP contribution in [0.1, 0.15) is 27.4 Å². The molecule has 3 aromatic heterocycles. The van der Waals surface area contributed by atoms with Crippen molar-refractivity contribution >= 4 is 44.2 Å². The van der Waals surface area contributed by atoms with Gasteiger partial charge in [-0.15, -0.1) is 0 Å². The van der Waals surface area contributed by atoms with E-state index in [1.807, 2.05) is 51.2 Å². The summed E-state index contributed by atoms with van der Waals surface area (Å²) >= 11 is 7.77. The molecule has 4 aromatic rings. The molecule has 0 saturated carbocycles. The van der Waals surface area contributed by atoms with Gasteiger partial charge in [-0.2, -0.15) is 5.10 Å². The predicted molar refractivity (Wildman–Crippen MR) is 112 cm³/mol. The van der Waals surface area contributed by atoms with Crippen LogP contribution in [0.3, 0.4) is 0 Å². The zero-order valence-electron chi connectivity index (χ0n) is 15.7. The number of pyridine rings is 1. The van der Waals surface area contributed by atoms with Crippen molar-refractivity contribution in [2.45, 2.75) is 20.4 Å². The van der Waals surface area contributed by atoms with Crippen LogP contribution in [-0.2, 0) is 13.6 Å². The minimum Gasteiger partial charge on any atom is -0.276 e. The van der Waals surface area contributed by atoms with Gasteiger partial charge in [-0.25, -0.2) is 4.98 Å². The second kappa shape index (κ2) is 7.33. The van der Waals surface area contributed by atoms with Crippen molar-refractivity contribution < 1.29 is 4.79 Å². The number of carbonyl (C=O) groups excluding carboxylic acids is 1. The van der Waals surface area contributed by atoms with Gasteiger partial charge in [-0.1, -0.05) is 35.1 Å². The van der Waals surface area contributed by atoms with E-state index in [1.165, 1.54) is 11.3 Å². The van der Waals surface area contributed by atoms with Gasteiger partial charge >= 0.3 is 0 Å². The number of halogens is 1. The lowest BCUT2D eigenvalue weighted by atomic mass is 10.2. The SMILES string of the molecule is Cc1ccc(Cl)c2sc(N(Cc3ccccn3)C(=O)c3cc(C)n(C)n3)nc12. The monoisotopic (exact) mass is 411 g/mol. The molecule has 0 fully saturated rings. The van der Waals surface area contributed by atoms with E-state index >= 15 is 0 Å². The van der Waals surface area contributed by atoms with Crippen molar-refractivity contribution in [3.8, 4) is 0 Å². The number of thiazole rings is 1. The highest BCUT2D eigenvalue weighted by molar-refractivity contribution is 7.23. The summed E-state index contributed by atoms with van der Waals surface area (Å²) in [5.74, 6) is -0.220. The number of hydrogen-bond acceptors (Lipinski definition) is 5. The molecule has 0 bridgehead atoms. The molecule has 0 unspecified atom stereocenters. The molecule has 1 aromatic carbocycles. The fourth-order valence-electron chi connectivity index (χ4n) is 2.89. The number of nitrogens with zero attached hydrogens (tertiary/aromatic N) is 5. The number of hydrogen-bond donors (Lipinski definition) is 0. The van der Waals surface area contributed by atoms with Gasteiger partial charge in [0.2, 0.25) is 0 Å². The molecule has 1 amide bonds. The second-order valence-electron chi connectivity index (χ2n) is 6.55. The highest BCUT2D eigenvalue weighted by Gasteiger charge is 2.25. The van der Waals surface area contributed by atoms with Gasteiger partial charge in [0.05, 0.1) is 27.5 Å². The van der Waals surface area contributed by atoms with Crippen LogP contribution in [0.5, 0.6) is 0 Å². The minimum atomic E-state index is -0.220. The van der Waals surface area contributed by atoms with Gasteiger partial charge in [-0.05, 0) is 43.7 Å². The molecule has 0 radical (unpaired) electrons. The fourth-order valence-corrected chi connectivity index (χ4v) is 4.20. The Labute approximate surface area is 171 Å². The summed E-state index contributed by atoms with van der Waals surface area (Å²) < 4.78 is 2.55. The number of benzene rings is 1. The Hall–Kier alpha value is -2.77. The second-order valence-corrected chi connectivity index (χ2v) is 7.93. The van der Waals surface area contributed by atoms with Gasteiger partial charge in [0.1, 0.15) is 0 Å².